The van der Waals surface area contributed by atoms with Crippen molar-refractivity contribution < 1.29 is 4.42 Å². The Morgan fingerprint density at radius 3 is 2.38 bits per heavy atom. The molecular weight excluding hydrogens is 318 g/mol. The second-order valence-corrected chi connectivity index (χ2v) is 8.09. The molecule has 0 aliphatic heterocycles. The summed E-state index contributed by atoms with van der Waals surface area (Å²) in [5.41, 5.74) is 1.87. The molecule has 0 radical (unpaired) electrons. The molecule has 0 bridgehead atoms. The first kappa shape index (κ1) is 16.5. The lowest BCUT2D eigenvalue weighted by atomic mass is 10.1. The van der Waals surface area contributed by atoms with Gasteiger partial charge in [-0.2, -0.15) is 0 Å². The molecule has 0 spiro atoms. The SMILES string of the molecule is CC(C)(C)S/N=C/c1c(-c2ccccc2)oc2ccccc2c1=O. The Hall–Kier alpha value is -2.33. The topological polar surface area (TPSA) is 42.6 Å². The smallest absolute Gasteiger partial charge is 0.202 e. The summed E-state index contributed by atoms with van der Waals surface area (Å²) in [6, 6.07) is 17.0. The van der Waals surface area contributed by atoms with Crippen LogP contribution in [0.2, 0.25) is 0 Å². The van der Waals surface area contributed by atoms with Crippen molar-refractivity contribution in [3.8, 4) is 11.3 Å². The van der Waals surface area contributed by atoms with Crippen LogP contribution in [0.25, 0.3) is 22.3 Å². The lowest BCUT2D eigenvalue weighted by molar-refractivity contribution is 0.618. The van der Waals surface area contributed by atoms with Crippen molar-refractivity contribution in [3.63, 3.8) is 0 Å². The maximum Gasteiger partial charge on any atom is 0.202 e. The zero-order valence-electron chi connectivity index (χ0n) is 13.9. The molecule has 122 valence electrons. The molecule has 0 amide bonds. The van der Waals surface area contributed by atoms with Crippen LogP contribution in [0.1, 0.15) is 26.3 Å². The van der Waals surface area contributed by atoms with E-state index in [0.29, 0.717) is 22.3 Å². The van der Waals surface area contributed by atoms with Gasteiger partial charge >= 0.3 is 0 Å². The van der Waals surface area contributed by atoms with Gasteiger partial charge in [-0.25, -0.2) is 4.40 Å². The third-order valence-electron chi connectivity index (χ3n) is 3.38. The van der Waals surface area contributed by atoms with E-state index in [-0.39, 0.29) is 10.2 Å². The molecule has 24 heavy (non-hydrogen) atoms. The Morgan fingerprint density at radius 1 is 1.00 bits per heavy atom. The first-order valence-electron chi connectivity index (χ1n) is 7.78. The van der Waals surface area contributed by atoms with Crippen molar-refractivity contribution in [1.29, 1.82) is 0 Å². The summed E-state index contributed by atoms with van der Waals surface area (Å²) in [5, 5.41) is 0.569. The molecule has 3 nitrogen and oxygen atoms in total. The van der Waals surface area contributed by atoms with Gasteiger partial charge < -0.3 is 4.42 Å². The Bertz CT molecular complexity index is 937. The predicted molar refractivity (Wildman–Crippen MR) is 103 cm³/mol. The minimum Gasteiger partial charge on any atom is -0.455 e. The Balaban J connectivity index is 2.21. The summed E-state index contributed by atoms with van der Waals surface area (Å²) < 4.78 is 10.4. The van der Waals surface area contributed by atoms with Crippen LogP contribution in [-0.2, 0) is 0 Å². The third-order valence-corrected chi connectivity index (χ3v) is 4.14. The predicted octanol–water partition coefficient (Wildman–Crippen LogP) is 5.33. The van der Waals surface area contributed by atoms with Crippen LogP contribution in [0.3, 0.4) is 0 Å². The first-order valence-corrected chi connectivity index (χ1v) is 8.56. The van der Waals surface area contributed by atoms with Crippen molar-refractivity contribution in [2.75, 3.05) is 0 Å². The highest BCUT2D eigenvalue weighted by Crippen LogP contribution is 2.27. The van der Waals surface area contributed by atoms with Crippen LogP contribution in [0.4, 0.5) is 0 Å². The number of fused-ring (bicyclic) bond motifs is 1. The summed E-state index contributed by atoms with van der Waals surface area (Å²) in [7, 11) is 0. The van der Waals surface area contributed by atoms with Gasteiger partial charge in [0.1, 0.15) is 11.3 Å². The number of benzene rings is 2. The largest absolute Gasteiger partial charge is 0.455 e. The second-order valence-electron chi connectivity index (χ2n) is 6.47. The van der Waals surface area contributed by atoms with Crippen LogP contribution in [0.15, 0.2) is 68.2 Å². The van der Waals surface area contributed by atoms with Gasteiger partial charge in [-0.15, -0.1) is 0 Å². The molecule has 1 heterocycles. The number of para-hydroxylation sites is 1. The van der Waals surface area contributed by atoms with Gasteiger partial charge in [0, 0.05) is 10.3 Å². The summed E-state index contributed by atoms with van der Waals surface area (Å²) in [4.78, 5) is 12.9. The minimum absolute atomic E-state index is 0.0134. The summed E-state index contributed by atoms with van der Waals surface area (Å²) in [5.74, 6) is 0.553. The van der Waals surface area contributed by atoms with Crippen LogP contribution >= 0.6 is 11.9 Å². The monoisotopic (exact) mass is 337 g/mol. The molecule has 0 saturated carbocycles. The number of hydrogen-bond donors (Lipinski definition) is 0. The number of nitrogens with zero attached hydrogens (tertiary/aromatic N) is 1. The molecule has 0 unspecified atom stereocenters. The maximum absolute atomic E-state index is 12.9. The molecule has 2 aromatic carbocycles. The first-order chi connectivity index (χ1) is 11.5. The average molecular weight is 337 g/mol. The molecule has 1 aromatic heterocycles. The van der Waals surface area contributed by atoms with E-state index in [1.54, 1.807) is 12.3 Å². The van der Waals surface area contributed by atoms with E-state index in [0.717, 1.165) is 5.56 Å². The van der Waals surface area contributed by atoms with E-state index < -0.39 is 0 Å². The quantitative estimate of drug-likeness (QED) is 0.479. The standard InChI is InChI=1S/C20H19NO2S/c1-20(2,3)24-21-13-16-18(22)15-11-7-8-12-17(15)23-19(16)14-9-5-4-6-10-14/h4-13H,1-3H3/b21-13+. The maximum atomic E-state index is 12.9. The fraction of sp³-hybridized carbons (Fsp3) is 0.200. The molecule has 0 saturated heterocycles. The zero-order chi connectivity index (χ0) is 17.2. The normalized spacial score (nSPS) is 12.1. The molecule has 3 aromatic rings. The summed E-state index contributed by atoms with van der Waals surface area (Å²) in [6.45, 7) is 6.24. The molecule has 3 rings (SSSR count). The van der Waals surface area contributed by atoms with E-state index in [1.807, 2.05) is 48.5 Å². The summed E-state index contributed by atoms with van der Waals surface area (Å²) >= 11 is 1.44. The van der Waals surface area contributed by atoms with Crippen molar-refractivity contribution in [3.05, 3.63) is 70.4 Å². The Kier molecular flexibility index (Phi) is 4.58. The van der Waals surface area contributed by atoms with Gasteiger partial charge in [0.15, 0.2) is 0 Å². The molecule has 4 heteroatoms. The Labute approximate surface area is 145 Å². The minimum atomic E-state index is -0.0611. The highest BCUT2D eigenvalue weighted by atomic mass is 32.2. The van der Waals surface area contributed by atoms with E-state index in [4.69, 9.17) is 4.42 Å². The molecular formula is C20H19NO2S. The second kappa shape index (κ2) is 6.65. The van der Waals surface area contributed by atoms with Gasteiger partial charge in [-0.3, -0.25) is 4.79 Å². The van der Waals surface area contributed by atoms with E-state index >= 15 is 0 Å². The zero-order valence-corrected chi connectivity index (χ0v) is 14.8. The molecule has 0 fully saturated rings. The van der Waals surface area contributed by atoms with Crippen molar-refractivity contribution in [2.24, 2.45) is 4.40 Å². The molecule has 0 N–H and O–H groups in total. The van der Waals surface area contributed by atoms with Gasteiger partial charge in [-0.05, 0) is 44.9 Å². The van der Waals surface area contributed by atoms with Crippen LogP contribution in [0.5, 0.6) is 0 Å². The highest BCUT2D eigenvalue weighted by Gasteiger charge is 2.15. The fourth-order valence-corrected chi connectivity index (χ4v) is 2.79. The van der Waals surface area contributed by atoms with Crippen molar-refractivity contribution in [2.45, 2.75) is 25.5 Å². The number of hydrogen-bond acceptors (Lipinski definition) is 4. The van der Waals surface area contributed by atoms with Crippen molar-refractivity contribution in [1.82, 2.24) is 0 Å². The van der Waals surface area contributed by atoms with Crippen LogP contribution in [-0.4, -0.2) is 11.0 Å². The van der Waals surface area contributed by atoms with E-state index in [9.17, 15) is 4.79 Å². The highest BCUT2D eigenvalue weighted by molar-refractivity contribution is 7.99. The molecule has 0 aliphatic rings. The molecule has 0 aliphatic carbocycles. The Morgan fingerprint density at radius 2 is 1.67 bits per heavy atom. The van der Waals surface area contributed by atoms with E-state index in [2.05, 4.69) is 25.2 Å². The average Bonchev–Trinajstić information content (AvgIpc) is 2.56. The molecule has 0 atom stereocenters. The van der Waals surface area contributed by atoms with Gasteiger partial charge in [0.2, 0.25) is 5.43 Å². The lowest BCUT2D eigenvalue weighted by Crippen LogP contribution is -2.11. The van der Waals surface area contributed by atoms with Gasteiger partial charge in [-0.1, -0.05) is 42.5 Å². The van der Waals surface area contributed by atoms with E-state index in [1.165, 1.54) is 11.9 Å². The van der Waals surface area contributed by atoms with Crippen molar-refractivity contribution >= 4 is 29.1 Å². The summed E-state index contributed by atoms with van der Waals surface area (Å²) in [6.07, 6.45) is 1.62. The fourth-order valence-electron chi connectivity index (χ4n) is 2.31. The van der Waals surface area contributed by atoms with Crippen LogP contribution in [0, 0.1) is 0 Å². The lowest BCUT2D eigenvalue weighted by Gasteiger charge is -2.12. The third kappa shape index (κ3) is 3.60. The van der Waals surface area contributed by atoms with Crippen LogP contribution < -0.4 is 5.43 Å². The van der Waals surface area contributed by atoms with Gasteiger partial charge in [0.05, 0.1) is 17.2 Å². The van der Waals surface area contributed by atoms with Gasteiger partial charge in [0.25, 0.3) is 0 Å². The number of rotatable bonds is 3.